The molecule has 1 fully saturated rings. The highest BCUT2D eigenvalue weighted by atomic mass is 16.5. The number of hydrogen-bond donors (Lipinski definition) is 2. The Kier molecular flexibility index (Phi) is 7.67. The van der Waals surface area contributed by atoms with Gasteiger partial charge in [-0.2, -0.15) is 0 Å². The number of rotatable bonds is 9. The third kappa shape index (κ3) is 5.95. The fraction of sp³-hybridized carbons (Fsp3) is 0.941. The summed E-state index contributed by atoms with van der Waals surface area (Å²) in [4.78, 5) is 11.7. The van der Waals surface area contributed by atoms with Crippen LogP contribution in [-0.4, -0.2) is 35.0 Å². The Labute approximate surface area is 128 Å². The number of aliphatic hydroxyl groups is 1. The van der Waals surface area contributed by atoms with Crippen LogP contribution >= 0.6 is 0 Å². The molecular weight excluding hydrogens is 268 g/mol. The Morgan fingerprint density at radius 3 is 2.43 bits per heavy atom. The maximum Gasteiger partial charge on any atom is 0.309 e. The molecule has 0 saturated heterocycles. The molecule has 0 spiro atoms. The number of aliphatic carboxylic acids is 1. The quantitative estimate of drug-likeness (QED) is 0.682. The number of unbranched alkanes of at least 4 members (excludes halogenated alkanes) is 1. The molecule has 124 valence electrons. The van der Waals surface area contributed by atoms with Crippen molar-refractivity contribution in [3.8, 4) is 0 Å². The third-order valence-electron chi connectivity index (χ3n) is 4.73. The topological polar surface area (TPSA) is 66.8 Å². The van der Waals surface area contributed by atoms with E-state index in [0.717, 1.165) is 12.8 Å². The van der Waals surface area contributed by atoms with Crippen LogP contribution in [0.25, 0.3) is 0 Å². The largest absolute Gasteiger partial charge is 0.481 e. The van der Waals surface area contributed by atoms with Gasteiger partial charge in [0.15, 0.2) is 0 Å². The summed E-state index contributed by atoms with van der Waals surface area (Å²) in [7, 11) is 0. The average molecular weight is 300 g/mol. The van der Waals surface area contributed by atoms with Crippen LogP contribution in [0.1, 0.15) is 72.1 Å². The lowest BCUT2D eigenvalue weighted by Gasteiger charge is -2.38. The van der Waals surface area contributed by atoms with Crippen molar-refractivity contribution in [1.82, 2.24) is 0 Å². The van der Waals surface area contributed by atoms with Gasteiger partial charge in [0, 0.05) is 0 Å². The highest BCUT2D eigenvalue weighted by molar-refractivity contribution is 5.74. The number of aliphatic hydroxyl groups excluding tert-OH is 1. The molecule has 1 aliphatic carbocycles. The van der Waals surface area contributed by atoms with E-state index >= 15 is 0 Å². The van der Waals surface area contributed by atoms with Crippen molar-refractivity contribution < 1.29 is 19.7 Å². The molecule has 1 atom stereocenters. The van der Waals surface area contributed by atoms with Crippen LogP contribution in [0.4, 0.5) is 0 Å². The van der Waals surface area contributed by atoms with E-state index in [2.05, 4.69) is 6.92 Å². The molecular formula is C17H32O4. The van der Waals surface area contributed by atoms with Crippen molar-refractivity contribution in [2.24, 2.45) is 11.3 Å². The van der Waals surface area contributed by atoms with Gasteiger partial charge in [0.25, 0.3) is 0 Å². The summed E-state index contributed by atoms with van der Waals surface area (Å²) in [6.07, 6.45) is 6.67. The minimum Gasteiger partial charge on any atom is -0.481 e. The van der Waals surface area contributed by atoms with Gasteiger partial charge in [0.05, 0.1) is 24.2 Å². The summed E-state index contributed by atoms with van der Waals surface area (Å²) >= 11 is 0. The Morgan fingerprint density at radius 1 is 1.33 bits per heavy atom. The van der Waals surface area contributed by atoms with Crippen LogP contribution in [0.15, 0.2) is 0 Å². The van der Waals surface area contributed by atoms with Crippen molar-refractivity contribution in [2.45, 2.75) is 84.3 Å². The van der Waals surface area contributed by atoms with Crippen LogP contribution < -0.4 is 0 Å². The van der Waals surface area contributed by atoms with E-state index in [1.807, 2.05) is 13.8 Å². The minimum absolute atomic E-state index is 0.0604. The molecule has 0 heterocycles. The van der Waals surface area contributed by atoms with E-state index in [-0.39, 0.29) is 12.7 Å². The van der Waals surface area contributed by atoms with Gasteiger partial charge < -0.3 is 14.9 Å². The zero-order valence-corrected chi connectivity index (χ0v) is 13.8. The van der Waals surface area contributed by atoms with Crippen LogP contribution in [0, 0.1) is 11.3 Å². The first-order valence-corrected chi connectivity index (χ1v) is 8.42. The van der Waals surface area contributed by atoms with Crippen LogP contribution in [0.3, 0.4) is 0 Å². The summed E-state index contributed by atoms with van der Waals surface area (Å²) in [5.74, 6) is -0.0819. The van der Waals surface area contributed by atoms with Crippen LogP contribution in [0.2, 0.25) is 0 Å². The molecule has 0 radical (unpaired) electrons. The average Bonchev–Trinajstić information content (AvgIpc) is 2.44. The van der Waals surface area contributed by atoms with E-state index in [1.165, 1.54) is 19.3 Å². The fourth-order valence-corrected chi connectivity index (χ4v) is 3.33. The highest BCUT2D eigenvalue weighted by Gasteiger charge is 2.43. The summed E-state index contributed by atoms with van der Waals surface area (Å²) in [6.45, 7) is 6.25. The molecule has 1 aliphatic rings. The molecule has 0 aliphatic heterocycles. The number of carboxylic acids is 1. The Balaban J connectivity index is 2.51. The van der Waals surface area contributed by atoms with Crippen molar-refractivity contribution in [3.63, 3.8) is 0 Å². The lowest BCUT2D eigenvalue weighted by molar-refractivity contribution is -0.155. The molecule has 21 heavy (non-hydrogen) atoms. The number of carbonyl (C=O) groups is 1. The Morgan fingerprint density at radius 2 is 1.95 bits per heavy atom. The standard InChI is InChI=1S/C17H32O4/c1-4-5-6-14-7-9-17(10-8-14,16(19)20)11-15(18)12-21-13(2)3/h13-15,18H,4-12H2,1-3H3,(H,19,20). The maximum atomic E-state index is 11.7. The van der Waals surface area contributed by atoms with E-state index in [9.17, 15) is 15.0 Å². The second-order valence-corrected chi connectivity index (χ2v) is 6.91. The molecule has 4 nitrogen and oxygen atoms in total. The van der Waals surface area contributed by atoms with Crippen LogP contribution in [0.5, 0.6) is 0 Å². The number of ether oxygens (including phenoxy) is 1. The summed E-state index contributed by atoms with van der Waals surface area (Å²) in [6, 6.07) is 0. The van der Waals surface area contributed by atoms with Gasteiger partial charge >= 0.3 is 5.97 Å². The smallest absolute Gasteiger partial charge is 0.309 e. The molecule has 1 unspecified atom stereocenters. The van der Waals surface area contributed by atoms with Crippen molar-refractivity contribution in [2.75, 3.05) is 6.61 Å². The Hall–Kier alpha value is -0.610. The van der Waals surface area contributed by atoms with Crippen molar-refractivity contribution in [1.29, 1.82) is 0 Å². The van der Waals surface area contributed by atoms with Gasteiger partial charge in [-0.15, -0.1) is 0 Å². The van der Waals surface area contributed by atoms with Crippen molar-refractivity contribution >= 4 is 5.97 Å². The van der Waals surface area contributed by atoms with E-state index in [1.54, 1.807) is 0 Å². The zero-order chi connectivity index (χ0) is 15.9. The molecule has 0 bridgehead atoms. The van der Waals surface area contributed by atoms with E-state index in [4.69, 9.17) is 4.74 Å². The monoisotopic (exact) mass is 300 g/mol. The fourth-order valence-electron chi connectivity index (χ4n) is 3.33. The third-order valence-corrected chi connectivity index (χ3v) is 4.73. The number of hydrogen-bond acceptors (Lipinski definition) is 3. The second kappa shape index (κ2) is 8.74. The lowest BCUT2D eigenvalue weighted by Crippen LogP contribution is -2.39. The molecule has 2 N–H and O–H groups in total. The first-order chi connectivity index (χ1) is 9.89. The van der Waals surface area contributed by atoms with Gasteiger partial charge in [0.2, 0.25) is 0 Å². The normalized spacial score (nSPS) is 27.8. The van der Waals surface area contributed by atoms with Crippen LogP contribution in [-0.2, 0) is 9.53 Å². The summed E-state index contributed by atoms with van der Waals surface area (Å²) in [5.41, 5.74) is -0.748. The predicted molar refractivity (Wildman–Crippen MR) is 83.3 cm³/mol. The molecule has 0 aromatic rings. The van der Waals surface area contributed by atoms with Gasteiger partial charge in [-0.05, 0) is 51.9 Å². The lowest BCUT2D eigenvalue weighted by atomic mass is 9.67. The highest BCUT2D eigenvalue weighted by Crippen LogP contribution is 2.44. The van der Waals surface area contributed by atoms with Gasteiger partial charge in [-0.25, -0.2) is 0 Å². The minimum atomic E-state index is -0.750. The predicted octanol–water partition coefficient (Wildman–Crippen LogP) is 3.61. The number of carboxylic acid groups (broad SMARTS) is 1. The molecule has 0 amide bonds. The zero-order valence-electron chi connectivity index (χ0n) is 13.8. The molecule has 0 aromatic heterocycles. The van der Waals surface area contributed by atoms with E-state index in [0.29, 0.717) is 25.2 Å². The Bertz CT molecular complexity index is 306. The first-order valence-electron chi connectivity index (χ1n) is 8.42. The first kappa shape index (κ1) is 18.4. The van der Waals surface area contributed by atoms with Gasteiger partial charge in [-0.3, -0.25) is 4.79 Å². The SMILES string of the molecule is CCCCC1CCC(CC(O)COC(C)C)(C(=O)O)CC1. The van der Waals surface area contributed by atoms with Gasteiger partial charge in [0.1, 0.15) is 0 Å². The van der Waals surface area contributed by atoms with Gasteiger partial charge in [-0.1, -0.05) is 26.2 Å². The summed E-state index contributed by atoms with van der Waals surface area (Å²) < 4.78 is 5.40. The van der Waals surface area contributed by atoms with E-state index < -0.39 is 17.5 Å². The summed E-state index contributed by atoms with van der Waals surface area (Å²) in [5, 5.41) is 19.7. The molecule has 1 rings (SSSR count). The maximum absolute atomic E-state index is 11.7. The van der Waals surface area contributed by atoms with Crippen molar-refractivity contribution in [3.05, 3.63) is 0 Å². The second-order valence-electron chi connectivity index (χ2n) is 6.91. The molecule has 1 saturated carbocycles. The molecule has 4 heteroatoms. The molecule has 0 aromatic carbocycles.